The van der Waals surface area contributed by atoms with Crippen LogP contribution in [0.4, 0.5) is 11.4 Å². The van der Waals surface area contributed by atoms with E-state index in [1.165, 1.54) is 12.1 Å². The molecule has 0 heterocycles. The van der Waals surface area contributed by atoms with Crippen LogP contribution in [0.25, 0.3) is 27.0 Å². The number of carbonyl (C=O) groups excluding carboxylic acids is 1. The minimum atomic E-state index is -0.200. The van der Waals surface area contributed by atoms with E-state index in [0.29, 0.717) is 16.9 Å². The predicted molar refractivity (Wildman–Crippen MR) is 83.9 cm³/mol. The molecular formula is C15H10N6O. The molecule has 0 saturated carbocycles. The Morgan fingerprint density at radius 3 is 2.32 bits per heavy atom. The van der Waals surface area contributed by atoms with Crippen molar-refractivity contribution in [3.8, 4) is 0 Å². The number of hydrogen-bond acceptors (Lipinski definition) is 3. The second-order valence-corrected chi connectivity index (χ2v) is 4.22. The van der Waals surface area contributed by atoms with E-state index in [9.17, 15) is 4.79 Å². The van der Waals surface area contributed by atoms with Gasteiger partial charge in [-0.15, -0.1) is 0 Å². The molecule has 0 saturated heterocycles. The Balaban J connectivity index is 2.15. The lowest BCUT2D eigenvalue weighted by molar-refractivity contribution is 0.104. The highest BCUT2D eigenvalue weighted by Crippen LogP contribution is 2.17. The molecule has 7 heteroatoms. The summed E-state index contributed by atoms with van der Waals surface area (Å²) in [5.41, 5.74) is 18.8. The van der Waals surface area contributed by atoms with Crippen LogP contribution < -0.4 is 0 Å². The number of allylic oxidation sites excluding steroid dienone is 1. The molecule has 0 N–H and O–H groups in total. The first-order chi connectivity index (χ1) is 10.7. The van der Waals surface area contributed by atoms with Crippen molar-refractivity contribution >= 4 is 23.2 Å². The zero-order valence-corrected chi connectivity index (χ0v) is 11.4. The Hall–Kier alpha value is -3.53. The highest BCUT2D eigenvalue weighted by atomic mass is 16.1. The Kier molecular flexibility index (Phi) is 4.94. The van der Waals surface area contributed by atoms with Crippen molar-refractivity contribution in [2.45, 2.75) is 0 Å². The smallest absolute Gasteiger partial charge is 0.185 e. The number of nitrogens with zero attached hydrogens (tertiary/aromatic N) is 6. The first kappa shape index (κ1) is 14.9. The fourth-order valence-corrected chi connectivity index (χ4v) is 1.74. The van der Waals surface area contributed by atoms with Crippen LogP contribution >= 0.6 is 0 Å². The number of carbonyl (C=O) groups is 1. The van der Waals surface area contributed by atoms with E-state index in [1.54, 1.807) is 48.5 Å². The van der Waals surface area contributed by atoms with E-state index in [-0.39, 0.29) is 5.78 Å². The number of ketones is 1. The second kappa shape index (κ2) is 7.31. The molecule has 7 nitrogen and oxygen atoms in total. The van der Waals surface area contributed by atoms with Gasteiger partial charge in [-0.25, -0.2) is 0 Å². The van der Waals surface area contributed by atoms with Crippen LogP contribution in [0.3, 0.4) is 0 Å². The van der Waals surface area contributed by atoms with E-state index in [2.05, 4.69) is 20.1 Å². The van der Waals surface area contributed by atoms with Gasteiger partial charge in [-0.1, -0.05) is 58.8 Å². The summed E-state index contributed by atoms with van der Waals surface area (Å²) in [6.45, 7) is 0. The molecular weight excluding hydrogens is 280 g/mol. The molecule has 2 aromatic rings. The zero-order valence-electron chi connectivity index (χ0n) is 11.4. The van der Waals surface area contributed by atoms with Crippen molar-refractivity contribution < 1.29 is 4.79 Å². The van der Waals surface area contributed by atoms with Gasteiger partial charge >= 0.3 is 0 Å². The molecule has 0 unspecified atom stereocenters. The van der Waals surface area contributed by atoms with Crippen molar-refractivity contribution in [1.82, 2.24) is 0 Å². The molecule has 2 rings (SSSR count). The number of rotatable bonds is 5. The van der Waals surface area contributed by atoms with Crippen molar-refractivity contribution in [2.75, 3.05) is 0 Å². The van der Waals surface area contributed by atoms with Gasteiger partial charge in [0.1, 0.15) is 0 Å². The van der Waals surface area contributed by atoms with E-state index >= 15 is 0 Å². The number of hydrogen-bond donors (Lipinski definition) is 0. The second-order valence-electron chi connectivity index (χ2n) is 4.22. The van der Waals surface area contributed by atoms with Crippen LogP contribution in [0, 0.1) is 0 Å². The zero-order chi connectivity index (χ0) is 15.8. The van der Waals surface area contributed by atoms with Crippen molar-refractivity contribution in [2.24, 2.45) is 10.2 Å². The minimum Gasteiger partial charge on any atom is -0.289 e. The first-order valence-corrected chi connectivity index (χ1v) is 6.25. The molecule has 0 bridgehead atoms. The summed E-state index contributed by atoms with van der Waals surface area (Å²) in [6.07, 6.45) is 3.08. The molecule has 106 valence electrons. The summed E-state index contributed by atoms with van der Waals surface area (Å²) in [5, 5.41) is 6.93. The highest BCUT2D eigenvalue weighted by molar-refractivity contribution is 6.07. The normalized spacial score (nSPS) is 9.82. The summed E-state index contributed by atoms with van der Waals surface area (Å²) < 4.78 is 0. The molecule has 0 aliphatic rings. The first-order valence-electron chi connectivity index (χ1n) is 6.25. The van der Waals surface area contributed by atoms with Crippen molar-refractivity contribution in [3.63, 3.8) is 0 Å². The quantitative estimate of drug-likeness (QED) is 0.235. The molecule has 0 atom stereocenters. The molecule has 0 radical (unpaired) electrons. The van der Waals surface area contributed by atoms with E-state index < -0.39 is 0 Å². The largest absolute Gasteiger partial charge is 0.289 e. The molecule has 0 aromatic heterocycles. The third-order valence-corrected chi connectivity index (χ3v) is 2.77. The summed E-state index contributed by atoms with van der Waals surface area (Å²) in [7, 11) is 0. The van der Waals surface area contributed by atoms with Crippen LogP contribution in [0.2, 0.25) is 0 Å². The van der Waals surface area contributed by atoms with Crippen molar-refractivity contribution in [3.05, 3.63) is 86.6 Å². The Morgan fingerprint density at radius 1 is 0.955 bits per heavy atom. The van der Waals surface area contributed by atoms with Gasteiger partial charge in [0, 0.05) is 26.8 Å². The van der Waals surface area contributed by atoms with Gasteiger partial charge in [0.25, 0.3) is 0 Å². The summed E-state index contributed by atoms with van der Waals surface area (Å²) in [6, 6.07) is 13.2. The summed E-state index contributed by atoms with van der Waals surface area (Å²) in [4.78, 5) is 17.4. The Bertz CT molecular complexity index is 812. The predicted octanol–water partition coefficient (Wildman–Crippen LogP) is 5.47. The van der Waals surface area contributed by atoms with Crippen molar-refractivity contribution in [1.29, 1.82) is 0 Å². The fraction of sp³-hybridized carbons (Fsp3) is 0. The summed E-state index contributed by atoms with van der Waals surface area (Å²) >= 11 is 0. The van der Waals surface area contributed by atoms with Gasteiger partial charge in [0.2, 0.25) is 0 Å². The highest BCUT2D eigenvalue weighted by Gasteiger charge is 2.02. The summed E-state index contributed by atoms with van der Waals surface area (Å²) in [5.74, 6) is -0.200. The fourth-order valence-electron chi connectivity index (χ4n) is 1.74. The average Bonchev–Trinajstić information content (AvgIpc) is 2.55. The molecule has 0 fully saturated rings. The van der Waals surface area contributed by atoms with Gasteiger partial charge in [-0.2, -0.15) is 0 Å². The topological polar surface area (TPSA) is 115 Å². The third-order valence-electron chi connectivity index (χ3n) is 2.77. The third kappa shape index (κ3) is 3.98. The molecule has 0 amide bonds. The SMILES string of the molecule is [N-]=[N+]=Nc1ccc(/C=C/C(=O)c2cccc(N=[N+]=[N-])c2)cc1. The van der Waals surface area contributed by atoms with Crippen LogP contribution in [-0.2, 0) is 0 Å². The standard InChI is InChI=1S/C15H10N6O/c16-20-18-13-7-4-11(5-8-13)6-9-15(22)12-2-1-3-14(10-12)19-21-17/h1-10H/b9-6+. The van der Waals surface area contributed by atoms with Crippen LogP contribution in [0.1, 0.15) is 15.9 Å². The Labute approximate surface area is 125 Å². The van der Waals surface area contributed by atoms with Gasteiger partial charge in [0.15, 0.2) is 5.78 Å². The van der Waals surface area contributed by atoms with Crippen LogP contribution in [-0.4, -0.2) is 5.78 Å². The van der Waals surface area contributed by atoms with E-state index in [1.807, 2.05) is 0 Å². The Morgan fingerprint density at radius 2 is 1.64 bits per heavy atom. The molecule has 0 spiro atoms. The van der Waals surface area contributed by atoms with E-state index in [4.69, 9.17) is 11.1 Å². The minimum absolute atomic E-state index is 0.200. The molecule has 0 aliphatic heterocycles. The maximum absolute atomic E-state index is 12.1. The molecule has 2 aromatic carbocycles. The average molecular weight is 290 g/mol. The molecule has 22 heavy (non-hydrogen) atoms. The van der Waals surface area contributed by atoms with Gasteiger partial charge in [-0.3, -0.25) is 4.79 Å². The monoisotopic (exact) mass is 290 g/mol. The maximum Gasteiger partial charge on any atom is 0.185 e. The van der Waals surface area contributed by atoms with Gasteiger partial charge in [-0.05, 0) is 28.8 Å². The van der Waals surface area contributed by atoms with E-state index in [0.717, 1.165) is 5.56 Å². The van der Waals surface area contributed by atoms with Crippen LogP contribution in [0.5, 0.6) is 0 Å². The number of azide groups is 2. The lowest BCUT2D eigenvalue weighted by Crippen LogP contribution is -1.93. The molecule has 0 aliphatic carbocycles. The lowest BCUT2D eigenvalue weighted by atomic mass is 10.1. The van der Waals surface area contributed by atoms with Gasteiger partial charge in [0.05, 0.1) is 0 Å². The number of benzene rings is 2. The van der Waals surface area contributed by atoms with Crippen LogP contribution in [0.15, 0.2) is 64.8 Å². The maximum atomic E-state index is 12.1. The lowest BCUT2D eigenvalue weighted by Gasteiger charge is -1.98. The van der Waals surface area contributed by atoms with Gasteiger partial charge < -0.3 is 0 Å².